The molecular weight excluding hydrogens is 352 g/mol. The number of fused-ring (bicyclic) bond motifs is 1. The summed E-state index contributed by atoms with van der Waals surface area (Å²) < 4.78 is 1.52. The van der Waals surface area contributed by atoms with Gasteiger partial charge >= 0.3 is 0 Å². The third-order valence-corrected chi connectivity index (χ3v) is 5.32. The van der Waals surface area contributed by atoms with Gasteiger partial charge in [0.15, 0.2) is 0 Å². The average Bonchev–Trinajstić information content (AvgIpc) is 2.97. The fourth-order valence-corrected chi connectivity index (χ4v) is 3.75. The van der Waals surface area contributed by atoms with Crippen LogP contribution in [-0.4, -0.2) is 50.0 Å². The monoisotopic (exact) mass is 378 g/mol. The first-order chi connectivity index (χ1) is 13.7. The maximum atomic E-state index is 12.7. The number of aryl methyl sites for hydroxylation is 1. The molecule has 0 saturated carbocycles. The van der Waals surface area contributed by atoms with Crippen molar-refractivity contribution in [3.8, 4) is 0 Å². The Balaban J connectivity index is 1.51. The van der Waals surface area contributed by atoms with Crippen molar-refractivity contribution in [1.82, 2.24) is 29.8 Å². The summed E-state index contributed by atoms with van der Waals surface area (Å²) in [4.78, 5) is 23.5. The highest BCUT2D eigenvalue weighted by Gasteiger charge is 2.23. The molecule has 0 radical (unpaired) electrons. The SMILES string of the molecule is Cc1ccc(C(CNC(=O)c2nc3ncccn3n2)N2CCCCCC2)cc1. The van der Waals surface area contributed by atoms with Crippen LogP contribution in [0.4, 0.5) is 0 Å². The van der Waals surface area contributed by atoms with Crippen molar-refractivity contribution in [1.29, 1.82) is 0 Å². The molecule has 2 aromatic heterocycles. The van der Waals surface area contributed by atoms with Crippen LogP contribution < -0.4 is 5.32 Å². The lowest BCUT2D eigenvalue weighted by Crippen LogP contribution is -2.39. The molecule has 0 aliphatic carbocycles. The summed E-state index contributed by atoms with van der Waals surface area (Å²) in [6, 6.07) is 10.5. The number of aromatic nitrogens is 4. The summed E-state index contributed by atoms with van der Waals surface area (Å²) in [5, 5.41) is 7.26. The normalized spacial score (nSPS) is 16.6. The van der Waals surface area contributed by atoms with Crippen LogP contribution >= 0.6 is 0 Å². The quantitative estimate of drug-likeness (QED) is 0.739. The van der Waals surface area contributed by atoms with E-state index in [0.717, 1.165) is 13.1 Å². The van der Waals surface area contributed by atoms with Gasteiger partial charge in [-0.3, -0.25) is 9.69 Å². The van der Waals surface area contributed by atoms with Gasteiger partial charge in [0, 0.05) is 18.9 Å². The predicted molar refractivity (Wildman–Crippen MR) is 107 cm³/mol. The molecule has 146 valence electrons. The van der Waals surface area contributed by atoms with Crippen LogP contribution in [0.1, 0.15) is 53.5 Å². The topological polar surface area (TPSA) is 75.4 Å². The minimum absolute atomic E-state index is 0.150. The van der Waals surface area contributed by atoms with E-state index in [2.05, 4.69) is 56.5 Å². The lowest BCUT2D eigenvalue weighted by atomic mass is 10.0. The second-order valence-electron chi connectivity index (χ2n) is 7.39. The Kier molecular flexibility index (Phi) is 5.62. The number of amides is 1. The summed E-state index contributed by atoms with van der Waals surface area (Å²) in [6.45, 7) is 4.75. The Hall–Kier alpha value is -2.80. The molecule has 3 heterocycles. The molecular formula is C21H26N6O. The zero-order valence-electron chi connectivity index (χ0n) is 16.2. The van der Waals surface area contributed by atoms with E-state index in [0.29, 0.717) is 12.3 Å². The lowest BCUT2D eigenvalue weighted by Gasteiger charge is -2.31. The Bertz CT molecular complexity index is 894. The average molecular weight is 378 g/mol. The van der Waals surface area contributed by atoms with Gasteiger partial charge in [-0.1, -0.05) is 42.7 Å². The minimum atomic E-state index is -0.266. The van der Waals surface area contributed by atoms with Crippen LogP contribution in [-0.2, 0) is 0 Å². The fraction of sp³-hybridized carbons (Fsp3) is 0.429. The Morgan fingerprint density at radius 3 is 2.61 bits per heavy atom. The van der Waals surface area contributed by atoms with Crippen molar-refractivity contribution >= 4 is 11.7 Å². The maximum Gasteiger partial charge on any atom is 0.291 e. The van der Waals surface area contributed by atoms with Gasteiger partial charge in [-0.2, -0.15) is 4.98 Å². The summed E-state index contributed by atoms with van der Waals surface area (Å²) in [7, 11) is 0. The third-order valence-electron chi connectivity index (χ3n) is 5.32. The number of carbonyl (C=O) groups is 1. The number of nitrogens with zero attached hydrogens (tertiary/aromatic N) is 5. The molecule has 1 aromatic carbocycles. The lowest BCUT2D eigenvalue weighted by molar-refractivity contribution is 0.0923. The molecule has 1 aliphatic rings. The van der Waals surface area contributed by atoms with E-state index in [1.807, 2.05) is 0 Å². The van der Waals surface area contributed by atoms with Crippen molar-refractivity contribution in [3.63, 3.8) is 0 Å². The van der Waals surface area contributed by atoms with Crippen molar-refractivity contribution < 1.29 is 4.79 Å². The third kappa shape index (κ3) is 4.20. The van der Waals surface area contributed by atoms with Gasteiger partial charge in [-0.05, 0) is 44.5 Å². The molecule has 1 unspecified atom stereocenters. The van der Waals surface area contributed by atoms with Gasteiger partial charge in [0.25, 0.3) is 11.7 Å². The number of rotatable bonds is 5. The van der Waals surface area contributed by atoms with Gasteiger partial charge < -0.3 is 5.32 Å². The molecule has 1 aliphatic heterocycles. The number of benzene rings is 1. The zero-order chi connectivity index (χ0) is 19.3. The number of hydrogen-bond acceptors (Lipinski definition) is 5. The maximum absolute atomic E-state index is 12.7. The molecule has 1 saturated heterocycles. The highest BCUT2D eigenvalue weighted by molar-refractivity contribution is 5.90. The second-order valence-corrected chi connectivity index (χ2v) is 7.39. The highest BCUT2D eigenvalue weighted by Crippen LogP contribution is 2.24. The molecule has 1 N–H and O–H groups in total. The predicted octanol–water partition coefficient (Wildman–Crippen LogP) is 2.78. The molecule has 1 fully saturated rings. The Morgan fingerprint density at radius 2 is 1.89 bits per heavy atom. The van der Waals surface area contributed by atoms with E-state index in [1.54, 1.807) is 18.5 Å². The van der Waals surface area contributed by atoms with Gasteiger partial charge in [0.2, 0.25) is 5.82 Å². The van der Waals surface area contributed by atoms with Crippen LogP contribution in [0.25, 0.3) is 5.78 Å². The molecule has 1 atom stereocenters. The Labute approximate surface area is 164 Å². The van der Waals surface area contributed by atoms with Crippen LogP contribution in [0.2, 0.25) is 0 Å². The van der Waals surface area contributed by atoms with E-state index < -0.39 is 0 Å². The van der Waals surface area contributed by atoms with Crippen molar-refractivity contribution in [2.75, 3.05) is 19.6 Å². The van der Waals surface area contributed by atoms with E-state index in [4.69, 9.17) is 0 Å². The van der Waals surface area contributed by atoms with Crippen LogP contribution in [0.5, 0.6) is 0 Å². The van der Waals surface area contributed by atoms with Gasteiger partial charge in [-0.15, -0.1) is 5.10 Å². The van der Waals surface area contributed by atoms with Crippen molar-refractivity contribution in [2.45, 2.75) is 38.6 Å². The molecule has 1 amide bonds. The molecule has 7 heteroatoms. The van der Waals surface area contributed by atoms with Crippen LogP contribution in [0.3, 0.4) is 0 Å². The molecule has 0 bridgehead atoms. The first kappa shape index (κ1) is 18.6. The number of hydrogen-bond donors (Lipinski definition) is 1. The minimum Gasteiger partial charge on any atom is -0.347 e. The first-order valence-corrected chi connectivity index (χ1v) is 9.97. The highest BCUT2D eigenvalue weighted by atomic mass is 16.2. The Morgan fingerprint density at radius 1 is 1.14 bits per heavy atom. The molecule has 0 spiro atoms. The molecule has 3 aromatic rings. The first-order valence-electron chi connectivity index (χ1n) is 9.97. The largest absolute Gasteiger partial charge is 0.347 e. The number of nitrogens with one attached hydrogen (secondary N) is 1. The van der Waals surface area contributed by atoms with Gasteiger partial charge in [0.1, 0.15) is 0 Å². The van der Waals surface area contributed by atoms with Gasteiger partial charge in [-0.25, -0.2) is 9.50 Å². The van der Waals surface area contributed by atoms with E-state index >= 15 is 0 Å². The molecule has 4 rings (SSSR count). The van der Waals surface area contributed by atoms with Crippen molar-refractivity contribution in [2.24, 2.45) is 0 Å². The fourth-order valence-electron chi connectivity index (χ4n) is 3.75. The smallest absolute Gasteiger partial charge is 0.291 e. The summed E-state index contributed by atoms with van der Waals surface area (Å²) in [5.41, 5.74) is 2.47. The van der Waals surface area contributed by atoms with Crippen LogP contribution in [0.15, 0.2) is 42.7 Å². The van der Waals surface area contributed by atoms with E-state index in [9.17, 15) is 4.79 Å². The summed E-state index contributed by atoms with van der Waals surface area (Å²) >= 11 is 0. The van der Waals surface area contributed by atoms with E-state index in [1.165, 1.54) is 41.3 Å². The number of likely N-dealkylation sites (tertiary alicyclic amines) is 1. The number of carbonyl (C=O) groups excluding carboxylic acids is 1. The van der Waals surface area contributed by atoms with Crippen LogP contribution in [0, 0.1) is 6.92 Å². The van der Waals surface area contributed by atoms with E-state index in [-0.39, 0.29) is 17.8 Å². The molecule has 28 heavy (non-hydrogen) atoms. The zero-order valence-corrected chi connectivity index (χ0v) is 16.2. The standard InChI is InChI=1S/C21H26N6O/c1-16-7-9-17(10-8-16)18(26-12-4-2-3-5-13-26)15-23-20(28)19-24-21-22-11-6-14-27(21)25-19/h6-11,14,18H,2-5,12-13,15H2,1H3,(H,23,28). The van der Waals surface area contributed by atoms with Gasteiger partial charge in [0.05, 0.1) is 6.04 Å². The molecule has 7 nitrogen and oxygen atoms in total. The summed E-state index contributed by atoms with van der Waals surface area (Å²) in [6.07, 6.45) is 8.34. The summed E-state index contributed by atoms with van der Waals surface area (Å²) in [5.74, 6) is 0.310. The second kappa shape index (κ2) is 8.48. The van der Waals surface area contributed by atoms with Crippen molar-refractivity contribution in [3.05, 3.63) is 59.7 Å².